The second-order valence-electron chi connectivity index (χ2n) is 2.70. The molecule has 0 aromatic carbocycles. The topological polar surface area (TPSA) is 107 Å². The van der Waals surface area contributed by atoms with Gasteiger partial charge in [-0.25, -0.2) is 0 Å². The van der Waals surface area contributed by atoms with E-state index in [1.807, 2.05) is 0 Å². The Kier molecular flexibility index (Phi) is 5.68. The summed E-state index contributed by atoms with van der Waals surface area (Å²) in [4.78, 5) is 22.0. The lowest BCUT2D eigenvalue weighted by Gasteiger charge is -2.11. The van der Waals surface area contributed by atoms with Gasteiger partial charge in [-0.15, -0.1) is 0 Å². The molecule has 0 aliphatic carbocycles. The molecule has 0 radical (unpaired) electrons. The average molecular weight is 252 g/mol. The van der Waals surface area contributed by atoms with Crippen molar-refractivity contribution in [3.8, 4) is 0 Å². The summed E-state index contributed by atoms with van der Waals surface area (Å²) in [6.45, 7) is 3.03. The van der Waals surface area contributed by atoms with E-state index in [1.54, 1.807) is 0 Å². The van der Waals surface area contributed by atoms with Crippen molar-refractivity contribution in [2.45, 2.75) is 11.7 Å². The fourth-order valence-corrected chi connectivity index (χ4v) is 1.44. The Labute approximate surface area is 92.8 Å². The van der Waals surface area contributed by atoms with Crippen LogP contribution in [0.1, 0.15) is 6.42 Å². The van der Waals surface area contributed by atoms with Gasteiger partial charge in [-0.05, 0) is 0 Å². The molecule has 0 bridgehead atoms. The van der Waals surface area contributed by atoms with Crippen molar-refractivity contribution in [2.24, 2.45) is 0 Å². The van der Waals surface area contributed by atoms with Crippen molar-refractivity contribution in [2.75, 3.05) is 13.7 Å². The molecule has 92 valence electrons. The number of hydrogen-bond donors (Lipinski definition) is 1. The van der Waals surface area contributed by atoms with Crippen LogP contribution in [-0.2, 0) is 29.2 Å². The molecule has 0 saturated heterocycles. The molecular weight excluding hydrogens is 240 g/mol. The van der Waals surface area contributed by atoms with Gasteiger partial charge < -0.3 is 9.47 Å². The summed E-state index contributed by atoms with van der Waals surface area (Å²) in [5.41, 5.74) is 0. The third-order valence-electron chi connectivity index (χ3n) is 1.55. The van der Waals surface area contributed by atoms with Crippen LogP contribution < -0.4 is 0 Å². The Morgan fingerprint density at radius 1 is 1.50 bits per heavy atom. The monoisotopic (exact) mass is 252 g/mol. The highest BCUT2D eigenvalue weighted by Gasteiger charge is 2.35. The lowest BCUT2D eigenvalue weighted by molar-refractivity contribution is -0.147. The minimum absolute atomic E-state index is 0.216. The predicted octanol–water partition coefficient (Wildman–Crippen LogP) is -0.465. The second-order valence-corrected chi connectivity index (χ2v) is 4.30. The van der Waals surface area contributed by atoms with Crippen LogP contribution in [0.3, 0.4) is 0 Å². The summed E-state index contributed by atoms with van der Waals surface area (Å²) < 4.78 is 39.0. The van der Waals surface area contributed by atoms with Crippen LogP contribution in [0.4, 0.5) is 0 Å². The Morgan fingerprint density at radius 3 is 2.44 bits per heavy atom. The smallest absolute Gasteiger partial charge is 0.327 e. The molecule has 1 unspecified atom stereocenters. The maximum atomic E-state index is 11.2. The van der Waals surface area contributed by atoms with Crippen molar-refractivity contribution in [1.29, 1.82) is 0 Å². The van der Waals surface area contributed by atoms with Gasteiger partial charge >= 0.3 is 11.9 Å². The molecule has 16 heavy (non-hydrogen) atoms. The van der Waals surface area contributed by atoms with Crippen molar-refractivity contribution >= 4 is 22.1 Å². The molecule has 0 aromatic rings. The molecule has 0 aliphatic heterocycles. The van der Waals surface area contributed by atoms with Gasteiger partial charge in [0.2, 0.25) is 0 Å². The molecule has 0 rings (SSSR count). The summed E-state index contributed by atoms with van der Waals surface area (Å²) in [5.74, 6) is -2.18. The first-order valence-corrected chi connectivity index (χ1v) is 5.64. The van der Waals surface area contributed by atoms with Crippen LogP contribution in [0.5, 0.6) is 0 Å². The summed E-state index contributed by atoms with van der Waals surface area (Å²) >= 11 is 0. The Morgan fingerprint density at radius 2 is 2.06 bits per heavy atom. The molecular formula is C8H12O7S. The molecule has 0 heterocycles. The first kappa shape index (κ1) is 14.6. The zero-order valence-electron chi connectivity index (χ0n) is 8.58. The molecule has 7 nitrogen and oxygen atoms in total. The van der Waals surface area contributed by atoms with Gasteiger partial charge in [0.05, 0.1) is 13.5 Å². The van der Waals surface area contributed by atoms with E-state index < -0.39 is 33.7 Å². The van der Waals surface area contributed by atoms with E-state index >= 15 is 0 Å². The number of carbonyl (C=O) groups excluding carboxylic acids is 2. The molecule has 0 aromatic heterocycles. The van der Waals surface area contributed by atoms with E-state index in [0.29, 0.717) is 0 Å². The third-order valence-corrected chi connectivity index (χ3v) is 2.62. The average Bonchev–Trinajstić information content (AvgIpc) is 2.20. The van der Waals surface area contributed by atoms with Gasteiger partial charge in [0.25, 0.3) is 10.1 Å². The molecule has 1 N–H and O–H groups in total. The zero-order valence-corrected chi connectivity index (χ0v) is 9.40. The van der Waals surface area contributed by atoms with Crippen LogP contribution in [0.25, 0.3) is 0 Å². The predicted molar refractivity (Wildman–Crippen MR) is 53.1 cm³/mol. The fourth-order valence-electron chi connectivity index (χ4n) is 0.779. The third kappa shape index (κ3) is 4.89. The lowest BCUT2D eigenvalue weighted by Crippen LogP contribution is -2.34. The molecule has 0 fully saturated rings. The van der Waals surface area contributed by atoms with Crippen LogP contribution in [0.2, 0.25) is 0 Å². The number of rotatable bonds is 6. The highest BCUT2D eigenvalue weighted by molar-refractivity contribution is 7.87. The Bertz CT molecular complexity index is 370. The van der Waals surface area contributed by atoms with Gasteiger partial charge in [0, 0.05) is 0 Å². The molecule has 1 atom stereocenters. The van der Waals surface area contributed by atoms with Crippen LogP contribution in [0.15, 0.2) is 12.7 Å². The molecule has 8 heteroatoms. The Hall–Kier alpha value is -1.41. The minimum Gasteiger partial charge on any atom is -0.469 e. The van der Waals surface area contributed by atoms with Gasteiger partial charge in [-0.2, -0.15) is 8.42 Å². The summed E-state index contributed by atoms with van der Waals surface area (Å²) in [6, 6.07) is 0. The molecule has 0 saturated carbocycles. The molecule has 0 aliphatic rings. The van der Waals surface area contributed by atoms with Crippen molar-refractivity contribution < 1.29 is 32.0 Å². The number of carbonyl (C=O) groups is 2. The summed E-state index contributed by atoms with van der Waals surface area (Å²) in [6.07, 6.45) is 0.419. The highest BCUT2D eigenvalue weighted by Crippen LogP contribution is 2.08. The molecule has 0 spiro atoms. The summed E-state index contributed by atoms with van der Waals surface area (Å²) in [7, 11) is -3.68. The van der Waals surface area contributed by atoms with E-state index in [2.05, 4.69) is 16.1 Å². The van der Waals surface area contributed by atoms with Crippen LogP contribution in [0, 0.1) is 0 Å². The highest BCUT2D eigenvalue weighted by atomic mass is 32.2. The molecule has 0 amide bonds. The standard InChI is InChI=1S/C8H12O7S/c1-3-4-15-8(10)6(16(11,12)13)5-7(9)14-2/h3,6H,1,4-5H2,2H3,(H,11,12,13). The second kappa shape index (κ2) is 6.23. The lowest BCUT2D eigenvalue weighted by atomic mass is 10.3. The fraction of sp³-hybridized carbons (Fsp3) is 0.500. The number of methoxy groups -OCH3 is 1. The van der Waals surface area contributed by atoms with E-state index in [4.69, 9.17) is 4.55 Å². The first-order chi connectivity index (χ1) is 7.32. The number of hydrogen-bond acceptors (Lipinski definition) is 6. The minimum atomic E-state index is -4.71. The zero-order chi connectivity index (χ0) is 12.8. The van der Waals surface area contributed by atoms with E-state index in [-0.39, 0.29) is 6.61 Å². The van der Waals surface area contributed by atoms with Crippen molar-refractivity contribution in [3.05, 3.63) is 12.7 Å². The SMILES string of the molecule is C=CCOC(=O)C(CC(=O)OC)S(=O)(=O)O. The van der Waals surface area contributed by atoms with Crippen molar-refractivity contribution in [3.63, 3.8) is 0 Å². The summed E-state index contributed by atoms with van der Waals surface area (Å²) in [5, 5.41) is -1.97. The van der Waals surface area contributed by atoms with E-state index in [0.717, 1.165) is 7.11 Å². The van der Waals surface area contributed by atoms with Gasteiger partial charge in [0.15, 0.2) is 5.25 Å². The van der Waals surface area contributed by atoms with Gasteiger partial charge in [0.1, 0.15) is 6.61 Å². The van der Waals surface area contributed by atoms with Gasteiger partial charge in [-0.3, -0.25) is 14.1 Å². The van der Waals surface area contributed by atoms with Crippen LogP contribution >= 0.6 is 0 Å². The quantitative estimate of drug-likeness (QED) is 0.387. The maximum Gasteiger partial charge on any atom is 0.327 e. The normalized spacial score (nSPS) is 12.6. The number of ether oxygens (including phenoxy) is 2. The van der Waals surface area contributed by atoms with Crippen molar-refractivity contribution in [1.82, 2.24) is 0 Å². The van der Waals surface area contributed by atoms with Gasteiger partial charge in [-0.1, -0.05) is 12.7 Å². The van der Waals surface area contributed by atoms with E-state index in [1.165, 1.54) is 6.08 Å². The Balaban J connectivity index is 4.75. The van der Waals surface area contributed by atoms with E-state index in [9.17, 15) is 18.0 Å². The maximum absolute atomic E-state index is 11.2. The van der Waals surface area contributed by atoms with Crippen LogP contribution in [-0.4, -0.2) is 43.9 Å². The number of esters is 2. The largest absolute Gasteiger partial charge is 0.469 e. The first-order valence-electron chi connectivity index (χ1n) is 4.13.